The van der Waals surface area contributed by atoms with Gasteiger partial charge in [-0.25, -0.2) is 0 Å². The van der Waals surface area contributed by atoms with Gasteiger partial charge in [0.2, 0.25) is 0 Å². The second-order valence-electron chi connectivity index (χ2n) is 3.63. The number of nitro groups is 1. The average Bonchev–Trinajstić information content (AvgIpc) is 2.38. The summed E-state index contributed by atoms with van der Waals surface area (Å²) in [6.07, 6.45) is 1.69. The molecule has 0 saturated carbocycles. The summed E-state index contributed by atoms with van der Waals surface area (Å²) in [5, 5.41) is 12.4. The van der Waals surface area contributed by atoms with Crippen molar-refractivity contribution in [2.45, 2.75) is 0 Å². The highest BCUT2D eigenvalue weighted by Crippen LogP contribution is 2.24. The Balaban J connectivity index is 2.46. The molecule has 0 fully saturated rings. The summed E-state index contributed by atoms with van der Waals surface area (Å²) in [4.78, 5) is 18.5. The molecule has 2 aromatic heterocycles. The second kappa shape index (κ2) is 3.48. The fraction of sp³-hybridized carbons (Fsp3) is 0. The van der Waals surface area contributed by atoms with E-state index in [0.717, 1.165) is 16.3 Å². The highest BCUT2D eigenvalue weighted by Gasteiger charge is 2.12. The molecule has 3 aromatic rings. The Hall–Kier alpha value is -2.56. The largest absolute Gasteiger partial charge is 0.364 e. The summed E-state index contributed by atoms with van der Waals surface area (Å²) < 4.78 is 0. The molecule has 17 heavy (non-hydrogen) atoms. The van der Waals surface area contributed by atoms with Crippen LogP contribution >= 0.6 is 0 Å². The van der Waals surface area contributed by atoms with Crippen molar-refractivity contribution in [1.82, 2.24) is 9.97 Å². The first kappa shape index (κ1) is 9.65. The minimum Gasteiger partial charge on any atom is -0.358 e. The van der Waals surface area contributed by atoms with Gasteiger partial charge in [0.1, 0.15) is 0 Å². The molecule has 0 atom stereocenters. The highest BCUT2D eigenvalue weighted by molar-refractivity contribution is 6.03. The van der Waals surface area contributed by atoms with Crippen molar-refractivity contribution >= 4 is 27.6 Å². The van der Waals surface area contributed by atoms with Crippen LogP contribution in [0.4, 0.5) is 5.82 Å². The van der Waals surface area contributed by atoms with Gasteiger partial charge >= 0.3 is 5.82 Å². The Morgan fingerprint density at radius 3 is 2.76 bits per heavy atom. The molecule has 0 amide bonds. The van der Waals surface area contributed by atoms with E-state index in [9.17, 15) is 10.1 Å². The Morgan fingerprint density at radius 1 is 1.12 bits per heavy atom. The predicted octanol–water partition coefficient (Wildman–Crippen LogP) is 2.69. The molecule has 0 aliphatic carbocycles. The van der Waals surface area contributed by atoms with E-state index in [-0.39, 0.29) is 5.82 Å². The topological polar surface area (TPSA) is 68.9 Å². The van der Waals surface area contributed by atoms with Crippen molar-refractivity contribution in [3.8, 4) is 0 Å². The summed E-state index contributed by atoms with van der Waals surface area (Å²) in [6, 6.07) is 10.5. The first-order chi connectivity index (χ1) is 8.25. The van der Waals surface area contributed by atoms with E-state index in [1.807, 2.05) is 18.2 Å². The highest BCUT2D eigenvalue weighted by atomic mass is 16.6. The van der Waals surface area contributed by atoms with E-state index in [1.54, 1.807) is 18.3 Å². The van der Waals surface area contributed by atoms with Gasteiger partial charge in [-0.3, -0.25) is 4.98 Å². The first-order valence-electron chi connectivity index (χ1n) is 5.04. The smallest absolute Gasteiger partial charge is 0.358 e. The molecule has 1 aromatic carbocycles. The van der Waals surface area contributed by atoms with Crippen LogP contribution < -0.4 is 0 Å². The molecule has 0 aliphatic rings. The zero-order valence-corrected chi connectivity index (χ0v) is 8.70. The summed E-state index contributed by atoms with van der Waals surface area (Å²) in [5.41, 5.74) is 1.40. The third-order valence-corrected chi connectivity index (χ3v) is 2.61. The summed E-state index contributed by atoms with van der Waals surface area (Å²) in [6.45, 7) is 0. The number of nitrogens with zero attached hydrogens (tertiary/aromatic N) is 3. The van der Waals surface area contributed by atoms with Crippen molar-refractivity contribution in [3.05, 3.63) is 52.7 Å². The number of hydrogen-bond acceptors (Lipinski definition) is 4. The number of hydrogen-bond donors (Lipinski definition) is 0. The molecule has 0 unspecified atom stereocenters. The summed E-state index contributed by atoms with van der Waals surface area (Å²) >= 11 is 0. The van der Waals surface area contributed by atoms with Gasteiger partial charge in [-0.15, -0.1) is 0 Å². The van der Waals surface area contributed by atoms with Crippen LogP contribution in [0.3, 0.4) is 0 Å². The Morgan fingerprint density at radius 2 is 1.94 bits per heavy atom. The lowest BCUT2D eigenvalue weighted by Crippen LogP contribution is -1.92. The van der Waals surface area contributed by atoms with E-state index in [2.05, 4.69) is 9.97 Å². The molecule has 0 aliphatic heterocycles. The Bertz CT molecular complexity index is 740. The zero-order chi connectivity index (χ0) is 11.8. The van der Waals surface area contributed by atoms with Crippen LogP contribution in [0, 0.1) is 10.1 Å². The van der Waals surface area contributed by atoms with Crippen LogP contribution in [-0.2, 0) is 0 Å². The van der Waals surface area contributed by atoms with Crippen molar-refractivity contribution in [3.63, 3.8) is 0 Å². The molecule has 5 nitrogen and oxygen atoms in total. The molecule has 0 spiro atoms. The third kappa shape index (κ3) is 1.48. The van der Waals surface area contributed by atoms with Crippen molar-refractivity contribution < 1.29 is 4.92 Å². The maximum Gasteiger partial charge on any atom is 0.364 e. The van der Waals surface area contributed by atoms with Gasteiger partial charge < -0.3 is 10.1 Å². The van der Waals surface area contributed by atoms with Gasteiger partial charge in [0.25, 0.3) is 0 Å². The van der Waals surface area contributed by atoms with Gasteiger partial charge in [0, 0.05) is 17.6 Å². The Kier molecular flexibility index (Phi) is 1.98. The SMILES string of the molecule is O=[N+]([O-])c1ccc2ccc3ncccc3c2n1. The van der Waals surface area contributed by atoms with E-state index < -0.39 is 4.92 Å². The van der Waals surface area contributed by atoms with Gasteiger partial charge in [-0.05, 0) is 40.2 Å². The van der Waals surface area contributed by atoms with Crippen LogP contribution in [-0.4, -0.2) is 14.9 Å². The number of rotatable bonds is 1. The first-order valence-corrected chi connectivity index (χ1v) is 5.04. The fourth-order valence-corrected chi connectivity index (χ4v) is 1.83. The van der Waals surface area contributed by atoms with Crippen LogP contribution in [0.15, 0.2) is 42.6 Å². The summed E-state index contributed by atoms with van der Waals surface area (Å²) in [5.74, 6) is -0.145. The van der Waals surface area contributed by atoms with Crippen molar-refractivity contribution in [2.24, 2.45) is 0 Å². The lowest BCUT2D eigenvalue weighted by atomic mass is 10.1. The molecule has 3 rings (SSSR count). The van der Waals surface area contributed by atoms with Crippen LogP contribution in [0.1, 0.15) is 0 Å². The quantitative estimate of drug-likeness (QED) is 0.362. The van der Waals surface area contributed by atoms with E-state index >= 15 is 0 Å². The molecule has 0 radical (unpaired) electrons. The number of pyridine rings is 2. The number of fused-ring (bicyclic) bond motifs is 3. The van der Waals surface area contributed by atoms with Crippen molar-refractivity contribution in [2.75, 3.05) is 0 Å². The third-order valence-electron chi connectivity index (χ3n) is 2.61. The molecular formula is C12H7N3O2. The molecular weight excluding hydrogens is 218 g/mol. The molecule has 82 valence electrons. The van der Waals surface area contributed by atoms with Crippen LogP contribution in [0.5, 0.6) is 0 Å². The monoisotopic (exact) mass is 225 g/mol. The van der Waals surface area contributed by atoms with Crippen LogP contribution in [0.25, 0.3) is 21.8 Å². The van der Waals surface area contributed by atoms with Gasteiger partial charge in [0.05, 0.1) is 10.9 Å². The molecule has 5 heteroatoms. The van der Waals surface area contributed by atoms with E-state index in [1.165, 1.54) is 6.07 Å². The van der Waals surface area contributed by atoms with Crippen LogP contribution in [0.2, 0.25) is 0 Å². The predicted molar refractivity (Wildman–Crippen MR) is 63.7 cm³/mol. The fourth-order valence-electron chi connectivity index (χ4n) is 1.83. The molecule has 0 N–H and O–H groups in total. The normalized spacial score (nSPS) is 10.8. The number of benzene rings is 1. The molecule has 2 heterocycles. The zero-order valence-electron chi connectivity index (χ0n) is 8.70. The van der Waals surface area contributed by atoms with Gasteiger partial charge in [-0.2, -0.15) is 0 Å². The molecule has 0 saturated heterocycles. The standard InChI is InChI=1S/C12H7N3O2/c16-15(17)11-6-4-8-3-5-10-9(12(8)14-11)2-1-7-13-10/h1-7H. The van der Waals surface area contributed by atoms with Gasteiger partial charge in [-0.1, -0.05) is 0 Å². The lowest BCUT2D eigenvalue weighted by Gasteiger charge is -1.99. The number of aromatic nitrogens is 2. The maximum atomic E-state index is 10.7. The maximum absolute atomic E-state index is 10.7. The molecule has 0 bridgehead atoms. The minimum atomic E-state index is -0.491. The average molecular weight is 225 g/mol. The Labute approximate surface area is 95.9 Å². The summed E-state index contributed by atoms with van der Waals surface area (Å²) in [7, 11) is 0. The minimum absolute atomic E-state index is 0.145. The van der Waals surface area contributed by atoms with Gasteiger partial charge in [0.15, 0.2) is 5.52 Å². The lowest BCUT2D eigenvalue weighted by molar-refractivity contribution is -0.389. The van der Waals surface area contributed by atoms with E-state index in [4.69, 9.17) is 0 Å². The second-order valence-corrected chi connectivity index (χ2v) is 3.63. The van der Waals surface area contributed by atoms with E-state index in [0.29, 0.717) is 5.52 Å². The van der Waals surface area contributed by atoms with Crippen molar-refractivity contribution in [1.29, 1.82) is 0 Å².